The highest BCUT2D eigenvalue weighted by molar-refractivity contribution is 5.46. The summed E-state index contributed by atoms with van der Waals surface area (Å²) < 4.78 is 36.1. The van der Waals surface area contributed by atoms with Crippen molar-refractivity contribution in [3.8, 4) is 11.5 Å². The molecule has 0 bridgehead atoms. The third kappa shape index (κ3) is 2.07. The quantitative estimate of drug-likeness (QED) is 0.885. The first-order chi connectivity index (χ1) is 7.90. The lowest BCUT2D eigenvalue weighted by molar-refractivity contribution is -0.125. The number of alkyl halides is 2. The number of halogens is 2. The van der Waals surface area contributed by atoms with Crippen molar-refractivity contribution >= 4 is 0 Å². The van der Waals surface area contributed by atoms with Gasteiger partial charge in [-0.05, 0) is 12.1 Å². The molecule has 3 nitrogen and oxygen atoms in total. The van der Waals surface area contributed by atoms with Crippen LogP contribution in [0.2, 0.25) is 0 Å². The fourth-order valence-electron chi connectivity index (χ4n) is 2.27. The van der Waals surface area contributed by atoms with Gasteiger partial charge >= 0.3 is 0 Å². The Balaban J connectivity index is 2.33. The normalized spacial score (nSPS) is 20.5. The van der Waals surface area contributed by atoms with Crippen LogP contribution in [0.15, 0.2) is 18.2 Å². The van der Waals surface area contributed by atoms with E-state index in [1.165, 1.54) is 14.2 Å². The Kier molecular flexibility index (Phi) is 2.73. The maximum atomic E-state index is 13.0. The zero-order valence-electron chi connectivity index (χ0n) is 9.80. The van der Waals surface area contributed by atoms with Gasteiger partial charge in [0.2, 0.25) is 0 Å². The van der Waals surface area contributed by atoms with Crippen LogP contribution < -0.4 is 15.2 Å². The van der Waals surface area contributed by atoms with Crippen molar-refractivity contribution < 1.29 is 18.3 Å². The number of rotatable bonds is 3. The summed E-state index contributed by atoms with van der Waals surface area (Å²) in [7, 11) is 3.02. The SMILES string of the molecule is COc1ccc(C2(N)CC(F)(F)C2)c(OC)c1. The number of methoxy groups -OCH3 is 2. The van der Waals surface area contributed by atoms with Crippen molar-refractivity contribution in [2.24, 2.45) is 5.73 Å². The van der Waals surface area contributed by atoms with Gasteiger partial charge in [0, 0.05) is 24.5 Å². The highest BCUT2D eigenvalue weighted by Gasteiger charge is 2.56. The Labute approximate surface area is 98.5 Å². The second-order valence-electron chi connectivity index (χ2n) is 4.43. The standard InChI is InChI=1S/C12H15F2NO2/c1-16-8-3-4-9(10(5-8)17-2)11(15)6-12(13,14)7-11/h3-5H,6-7,15H2,1-2H3. The average Bonchev–Trinajstić information content (AvgIpc) is 2.25. The molecule has 0 unspecified atom stereocenters. The van der Waals surface area contributed by atoms with E-state index in [2.05, 4.69) is 0 Å². The lowest BCUT2D eigenvalue weighted by atomic mass is 9.69. The van der Waals surface area contributed by atoms with E-state index in [-0.39, 0.29) is 12.8 Å². The van der Waals surface area contributed by atoms with Crippen LogP contribution in [0.1, 0.15) is 18.4 Å². The van der Waals surface area contributed by atoms with Gasteiger partial charge in [-0.15, -0.1) is 0 Å². The molecule has 1 fully saturated rings. The molecule has 1 saturated carbocycles. The number of nitrogens with two attached hydrogens (primary N) is 1. The third-order valence-electron chi connectivity index (χ3n) is 3.09. The molecule has 1 aliphatic rings. The minimum Gasteiger partial charge on any atom is -0.497 e. The van der Waals surface area contributed by atoms with Crippen molar-refractivity contribution in [1.82, 2.24) is 0 Å². The minimum absolute atomic E-state index is 0.345. The first-order valence-corrected chi connectivity index (χ1v) is 5.29. The molecule has 0 heterocycles. The molecule has 0 atom stereocenters. The van der Waals surface area contributed by atoms with E-state index in [1.807, 2.05) is 0 Å². The fourth-order valence-corrected chi connectivity index (χ4v) is 2.27. The molecule has 2 rings (SSSR count). The number of hydrogen-bond donors (Lipinski definition) is 1. The molecule has 0 radical (unpaired) electrons. The Hall–Kier alpha value is -1.36. The molecule has 94 valence electrons. The average molecular weight is 243 g/mol. The zero-order valence-corrected chi connectivity index (χ0v) is 9.80. The summed E-state index contributed by atoms with van der Waals surface area (Å²) in [4.78, 5) is 0. The van der Waals surface area contributed by atoms with E-state index < -0.39 is 11.5 Å². The van der Waals surface area contributed by atoms with Crippen molar-refractivity contribution in [2.45, 2.75) is 24.3 Å². The largest absolute Gasteiger partial charge is 0.497 e. The molecule has 1 aromatic rings. The monoisotopic (exact) mass is 243 g/mol. The minimum atomic E-state index is -2.67. The summed E-state index contributed by atoms with van der Waals surface area (Å²) in [5.41, 5.74) is 5.57. The van der Waals surface area contributed by atoms with Crippen LogP contribution in [-0.2, 0) is 5.54 Å². The highest BCUT2D eigenvalue weighted by atomic mass is 19.3. The molecule has 0 spiro atoms. The molecule has 0 aromatic heterocycles. The first kappa shape index (κ1) is 12.1. The van der Waals surface area contributed by atoms with Gasteiger partial charge < -0.3 is 15.2 Å². The van der Waals surface area contributed by atoms with Gasteiger partial charge in [-0.3, -0.25) is 0 Å². The van der Waals surface area contributed by atoms with Crippen molar-refractivity contribution in [2.75, 3.05) is 14.2 Å². The van der Waals surface area contributed by atoms with Crippen LogP contribution >= 0.6 is 0 Å². The van der Waals surface area contributed by atoms with Crippen LogP contribution in [-0.4, -0.2) is 20.1 Å². The van der Waals surface area contributed by atoms with E-state index in [0.29, 0.717) is 17.1 Å². The zero-order chi connectivity index (χ0) is 12.7. The Morgan fingerprint density at radius 3 is 2.29 bits per heavy atom. The lowest BCUT2D eigenvalue weighted by Crippen LogP contribution is -2.55. The van der Waals surface area contributed by atoms with Crippen LogP contribution in [0, 0.1) is 0 Å². The summed E-state index contributed by atoms with van der Waals surface area (Å²) in [5.74, 6) is -1.57. The third-order valence-corrected chi connectivity index (χ3v) is 3.09. The molecular formula is C12H15F2NO2. The van der Waals surface area contributed by atoms with Gasteiger partial charge in [0.15, 0.2) is 0 Å². The fraction of sp³-hybridized carbons (Fsp3) is 0.500. The molecular weight excluding hydrogens is 228 g/mol. The summed E-state index contributed by atoms with van der Waals surface area (Å²) in [6.07, 6.45) is -0.689. The molecule has 2 N–H and O–H groups in total. The van der Waals surface area contributed by atoms with Gasteiger partial charge in [0.25, 0.3) is 5.92 Å². The van der Waals surface area contributed by atoms with Gasteiger partial charge in [0.05, 0.1) is 19.8 Å². The van der Waals surface area contributed by atoms with Crippen LogP contribution in [0.3, 0.4) is 0 Å². The maximum Gasteiger partial charge on any atom is 0.252 e. The topological polar surface area (TPSA) is 44.5 Å². The molecule has 0 aliphatic heterocycles. The smallest absolute Gasteiger partial charge is 0.252 e. The summed E-state index contributed by atoms with van der Waals surface area (Å²) in [6, 6.07) is 5.04. The number of hydrogen-bond acceptors (Lipinski definition) is 3. The number of benzene rings is 1. The summed E-state index contributed by atoms with van der Waals surface area (Å²) in [5, 5.41) is 0. The Morgan fingerprint density at radius 2 is 1.82 bits per heavy atom. The predicted molar refractivity (Wildman–Crippen MR) is 59.6 cm³/mol. The van der Waals surface area contributed by atoms with E-state index in [4.69, 9.17) is 15.2 Å². The molecule has 1 aliphatic carbocycles. The van der Waals surface area contributed by atoms with E-state index in [9.17, 15) is 8.78 Å². The van der Waals surface area contributed by atoms with Crippen LogP contribution in [0.25, 0.3) is 0 Å². The van der Waals surface area contributed by atoms with Crippen molar-refractivity contribution in [3.05, 3.63) is 23.8 Å². The summed E-state index contributed by atoms with van der Waals surface area (Å²) >= 11 is 0. The predicted octanol–water partition coefficient (Wildman–Crippen LogP) is 2.29. The lowest BCUT2D eigenvalue weighted by Gasteiger charge is -2.45. The Bertz CT molecular complexity index is 427. The number of ether oxygens (including phenoxy) is 2. The molecule has 17 heavy (non-hydrogen) atoms. The van der Waals surface area contributed by atoms with Gasteiger partial charge in [0.1, 0.15) is 11.5 Å². The van der Waals surface area contributed by atoms with E-state index in [0.717, 1.165) is 0 Å². The van der Waals surface area contributed by atoms with E-state index in [1.54, 1.807) is 18.2 Å². The Morgan fingerprint density at radius 1 is 1.18 bits per heavy atom. The van der Waals surface area contributed by atoms with Gasteiger partial charge in [-0.1, -0.05) is 0 Å². The van der Waals surface area contributed by atoms with Crippen molar-refractivity contribution in [3.63, 3.8) is 0 Å². The first-order valence-electron chi connectivity index (χ1n) is 5.29. The molecule has 1 aromatic carbocycles. The molecule has 0 amide bonds. The second kappa shape index (κ2) is 3.84. The maximum absolute atomic E-state index is 13.0. The van der Waals surface area contributed by atoms with E-state index >= 15 is 0 Å². The summed E-state index contributed by atoms with van der Waals surface area (Å²) in [6.45, 7) is 0. The highest BCUT2D eigenvalue weighted by Crippen LogP contribution is 2.52. The molecule has 5 heteroatoms. The van der Waals surface area contributed by atoms with Crippen LogP contribution in [0.5, 0.6) is 11.5 Å². The van der Waals surface area contributed by atoms with Crippen LogP contribution in [0.4, 0.5) is 8.78 Å². The van der Waals surface area contributed by atoms with Gasteiger partial charge in [-0.25, -0.2) is 8.78 Å². The molecule has 0 saturated heterocycles. The van der Waals surface area contributed by atoms with Gasteiger partial charge in [-0.2, -0.15) is 0 Å². The van der Waals surface area contributed by atoms with Crippen molar-refractivity contribution in [1.29, 1.82) is 0 Å². The second-order valence-corrected chi connectivity index (χ2v) is 4.43.